The van der Waals surface area contributed by atoms with Gasteiger partial charge in [-0.3, -0.25) is 4.68 Å². The summed E-state index contributed by atoms with van der Waals surface area (Å²) >= 11 is 0. The summed E-state index contributed by atoms with van der Waals surface area (Å²) < 4.78 is 7.38. The second-order valence-corrected chi connectivity index (χ2v) is 6.82. The zero-order valence-corrected chi connectivity index (χ0v) is 13.9. The minimum absolute atomic E-state index is 0.190. The Morgan fingerprint density at radius 3 is 2.86 bits per heavy atom. The van der Waals surface area contributed by atoms with E-state index in [1.54, 1.807) is 6.20 Å². The number of amides is 1. The van der Waals surface area contributed by atoms with Crippen LogP contribution < -0.4 is 5.32 Å². The SMILES string of the molecule is CC(C)(C)OC(=O)N1CCCC(NCCn2cccn2)CC1. The molecule has 22 heavy (non-hydrogen) atoms. The van der Waals surface area contributed by atoms with Gasteiger partial charge in [-0.1, -0.05) is 0 Å². The predicted molar refractivity (Wildman–Crippen MR) is 85.7 cm³/mol. The van der Waals surface area contributed by atoms with E-state index >= 15 is 0 Å². The summed E-state index contributed by atoms with van der Waals surface area (Å²) in [5.41, 5.74) is -0.426. The Labute approximate surface area is 132 Å². The summed E-state index contributed by atoms with van der Waals surface area (Å²) in [6.07, 6.45) is 6.66. The van der Waals surface area contributed by atoms with Crippen molar-refractivity contribution in [1.29, 1.82) is 0 Å². The average molecular weight is 308 g/mol. The van der Waals surface area contributed by atoms with Gasteiger partial charge in [0.05, 0.1) is 6.54 Å². The lowest BCUT2D eigenvalue weighted by Crippen LogP contribution is -2.38. The normalized spacial score (nSPS) is 19.8. The molecule has 1 aliphatic rings. The van der Waals surface area contributed by atoms with Crippen molar-refractivity contribution in [3.05, 3.63) is 18.5 Å². The Hall–Kier alpha value is -1.56. The van der Waals surface area contributed by atoms with Crippen LogP contribution in [0.5, 0.6) is 0 Å². The van der Waals surface area contributed by atoms with Crippen molar-refractivity contribution in [2.24, 2.45) is 0 Å². The highest BCUT2D eigenvalue weighted by molar-refractivity contribution is 5.68. The van der Waals surface area contributed by atoms with Gasteiger partial charge in [-0.25, -0.2) is 4.79 Å². The van der Waals surface area contributed by atoms with E-state index in [0.29, 0.717) is 6.04 Å². The molecule has 6 nitrogen and oxygen atoms in total. The van der Waals surface area contributed by atoms with Gasteiger partial charge in [0.15, 0.2) is 0 Å². The number of ether oxygens (including phenoxy) is 1. The smallest absolute Gasteiger partial charge is 0.410 e. The molecular formula is C16H28N4O2. The molecule has 1 amide bonds. The summed E-state index contributed by atoms with van der Waals surface area (Å²) in [4.78, 5) is 13.9. The summed E-state index contributed by atoms with van der Waals surface area (Å²) in [6.45, 7) is 9.03. The van der Waals surface area contributed by atoms with Crippen molar-refractivity contribution in [2.75, 3.05) is 19.6 Å². The number of nitrogens with zero attached hydrogens (tertiary/aromatic N) is 3. The molecule has 0 bridgehead atoms. The monoisotopic (exact) mass is 308 g/mol. The molecule has 2 rings (SSSR count). The second-order valence-electron chi connectivity index (χ2n) is 6.82. The van der Waals surface area contributed by atoms with Crippen LogP contribution >= 0.6 is 0 Å². The van der Waals surface area contributed by atoms with Crippen molar-refractivity contribution in [3.8, 4) is 0 Å². The van der Waals surface area contributed by atoms with Gasteiger partial charge < -0.3 is 15.0 Å². The lowest BCUT2D eigenvalue weighted by Gasteiger charge is -2.26. The van der Waals surface area contributed by atoms with Crippen LogP contribution in [-0.2, 0) is 11.3 Å². The van der Waals surface area contributed by atoms with Crippen LogP contribution in [0.4, 0.5) is 4.79 Å². The minimum atomic E-state index is -0.426. The van der Waals surface area contributed by atoms with Crippen LogP contribution in [0, 0.1) is 0 Å². The van der Waals surface area contributed by atoms with Crippen LogP contribution in [-0.4, -0.2) is 52.1 Å². The third kappa shape index (κ3) is 5.67. The minimum Gasteiger partial charge on any atom is -0.444 e. The van der Waals surface area contributed by atoms with Crippen molar-refractivity contribution in [1.82, 2.24) is 20.0 Å². The molecule has 0 aliphatic carbocycles. The molecule has 1 aromatic heterocycles. The molecule has 1 atom stereocenters. The van der Waals surface area contributed by atoms with Crippen molar-refractivity contribution >= 4 is 6.09 Å². The Morgan fingerprint density at radius 2 is 2.18 bits per heavy atom. The third-order valence-corrected chi connectivity index (χ3v) is 3.71. The molecule has 1 N–H and O–H groups in total. The lowest BCUT2D eigenvalue weighted by molar-refractivity contribution is 0.0256. The fourth-order valence-electron chi connectivity index (χ4n) is 2.63. The molecule has 2 heterocycles. The van der Waals surface area contributed by atoms with Gasteiger partial charge in [-0.15, -0.1) is 0 Å². The van der Waals surface area contributed by atoms with E-state index in [4.69, 9.17) is 4.74 Å². The highest BCUT2D eigenvalue weighted by Gasteiger charge is 2.24. The quantitative estimate of drug-likeness (QED) is 0.927. The fourth-order valence-corrected chi connectivity index (χ4v) is 2.63. The van der Waals surface area contributed by atoms with Crippen LogP contribution in [0.15, 0.2) is 18.5 Å². The maximum absolute atomic E-state index is 12.1. The van der Waals surface area contributed by atoms with Gasteiger partial charge in [0.25, 0.3) is 0 Å². The maximum Gasteiger partial charge on any atom is 0.410 e. The standard InChI is InChI=1S/C16H28N4O2/c1-16(2,3)22-15(21)19-10-4-6-14(7-12-19)17-9-13-20-11-5-8-18-20/h5,8,11,14,17H,4,6-7,9-10,12-13H2,1-3H3. The van der Waals surface area contributed by atoms with Crippen molar-refractivity contribution < 1.29 is 9.53 Å². The Morgan fingerprint density at radius 1 is 1.36 bits per heavy atom. The molecule has 6 heteroatoms. The maximum atomic E-state index is 12.1. The molecule has 1 unspecified atom stereocenters. The van der Waals surface area contributed by atoms with Crippen LogP contribution in [0.25, 0.3) is 0 Å². The molecule has 0 aromatic carbocycles. The Bertz CT molecular complexity index is 453. The molecule has 1 fully saturated rings. The molecular weight excluding hydrogens is 280 g/mol. The summed E-state index contributed by atoms with van der Waals surface area (Å²) in [5.74, 6) is 0. The molecule has 0 radical (unpaired) electrons. The van der Waals surface area contributed by atoms with E-state index in [0.717, 1.165) is 45.4 Å². The first-order valence-corrected chi connectivity index (χ1v) is 8.13. The first-order valence-electron chi connectivity index (χ1n) is 8.13. The van der Waals surface area contributed by atoms with Gasteiger partial charge in [-0.2, -0.15) is 5.10 Å². The molecule has 1 saturated heterocycles. The Kier molecular flexibility index (Phi) is 5.83. The second kappa shape index (κ2) is 7.63. The zero-order chi connectivity index (χ0) is 16.0. The number of likely N-dealkylation sites (tertiary alicyclic amines) is 1. The molecule has 1 aromatic rings. The number of rotatable bonds is 4. The fraction of sp³-hybridized carbons (Fsp3) is 0.750. The zero-order valence-electron chi connectivity index (χ0n) is 13.9. The number of carbonyl (C=O) groups excluding carboxylic acids is 1. The van der Waals surface area contributed by atoms with E-state index in [9.17, 15) is 4.79 Å². The van der Waals surface area contributed by atoms with Crippen LogP contribution in [0.3, 0.4) is 0 Å². The number of nitrogens with one attached hydrogen (secondary N) is 1. The van der Waals surface area contributed by atoms with Gasteiger partial charge in [0.2, 0.25) is 0 Å². The van der Waals surface area contributed by atoms with Gasteiger partial charge in [-0.05, 0) is 46.1 Å². The first-order chi connectivity index (χ1) is 10.4. The highest BCUT2D eigenvalue weighted by atomic mass is 16.6. The van der Waals surface area contributed by atoms with E-state index in [1.807, 2.05) is 42.6 Å². The summed E-state index contributed by atoms with van der Waals surface area (Å²) in [7, 11) is 0. The van der Waals surface area contributed by atoms with Crippen molar-refractivity contribution in [2.45, 2.75) is 58.2 Å². The van der Waals surface area contributed by atoms with Gasteiger partial charge in [0, 0.05) is 38.1 Å². The van der Waals surface area contributed by atoms with Crippen LogP contribution in [0.2, 0.25) is 0 Å². The largest absolute Gasteiger partial charge is 0.444 e. The lowest BCUT2D eigenvalue weighted by atomic mass is 10.1. The van der Waals surface area contributed by atoms with E-state index in [1.165, 1.54) is 0 Å². The number of hydrogen-bond donors (Lipinski definition) is 1. The topological polar surface area (TPSA) is 59.4 Å². The number of hydrogen-bond acceptors (Lipinski definition) is 4. The summed E-state index contributed by atoms with van der Waals surface area (Å²) in [6, 6.07) is 2.40. The number of carbonyl (C=O) groups is 1. The predicted octanol–water partition coefficient (Wildman–Crippen LogP) is 2.26. The average Bonchev–Trinajstić information content (AvgIpc) is 2.81. The molecule has 0 spiro atoms. The van der Waals surface area contributed by atoms with Crippen molar-refractivity contribution in [3.63, 3.8) is 0 Å². The van der Waals surface area contributed by atoms with Gasteiger partial charge in [0.1, 0.15) is 5.60 Å². The molecule has 124 valence electrons. The molecule has 0 saturated carbocycles. The van der Waals surface area contributed by atoms with E-state index in [2.05, 4.69) is 10.4 Å². The summed E-state index contributed by atoms with van der Waals surface area (Å²) in [5, 5.41) is 7.76. The Balaban J connectivity index is 1.71. The van der Waals surface area contributed by atoms with E-state index < -0.39 is 5.60 Å². The first kappa shape index (κ1) is 16.8. The highest BCUT2D eigenvalue weighted by Crippen LogP contribution is 2.15. The van der Waals surface area contributed by atoms with Crippen LogP contribution in [0.1, 0.15) is 40.0 Å². The molecule has 1 aliphatic heterocycles. The third-order valence-electron chi connectivity index (χ3n) is 3.71. The van der Waals surface area contributed by atoms with Gasteiger partial charge >= 0.3 is 6.09 Å². The van der Waals surface area contributed by atoms with E-state index in [-0.39, 0.29) is 6.09 Å². The number of aromatic nitrogens is 2.